The first-order chi connectivity index (χ1) is 10.4. The van der Waals surface area contributed by atoms with Gasteiger partial charge >= 0.3 is 0 Å². The fraction of sp³-hybridized carbons (Fsp3) is 0.429. The lowest BCUT2D eigenvalue weighted by Crippen LogP contribution is -2.44. The van der Waals surface area contributed by atoms with Gasteiger partial charge in [0.15, 0.2) is 5.69 Å². The van der Waals surface area contributed by atoms with Gasteiger partial charge in [-0.25, -0.2) is 13.4 Å². The van der Waals surface area contributed by atoms with E-state index in [1.165, 1.54) is 4.40 Å². The molecule has 0 saturated carbocycles. The molecule has 22 heavy (non-hydrogen) atoms. The van der Waals surface area contributed by atoms with Crippen molar-refractivity contribution in [1.29, 1.82) is 0 Å². The highest BCUT2D eigenvalue weighted by Crippen LogP contribution is 2.19. The standard InChI is InChI=1S/C14H17N3O4S/c1-10-9-16(7-8-21-10)13(18)12-11-5-3-4-6-17(11)14(15-12)22(2,19)20/h3-6,10H,7-9H2,1-2H3. The van der Waals surface area contributed by atoms with Crippen LogP contribution in [0.3, 0.4) is 0 Å². The van der Waals surface area contributed by atoms with Gasteiger partial charge in [0, 0.05) is 25.5 Å². The molecule has 3 rings (SSSR count). The van der Waals surface area contributed by atoms with Gasteiger partial charge in [-0.2, -0.15) is 0 Å². The molecule has 2 aromatic rings. The highest BCUT2D eigenvalue weighted by atomic mass is 32.2. The van der Waals surface area contributed by atoms with Crippen LogP contribution in [0.2, 0.25) is 0 Å². The van der Waals surface area contributed by atoms with Crippen LogP contribution >= 0.6 is 0 Å². The Morgan fingerprint density at radius 1 is 1.41 bits per heavy atom. The van der Waals surface area contributed by atoms with E-state index in [1.54, 1.807) is 29.3 Å². The van der Waals surface area contributed by atoms with Crippen LogP contribution in [0.25, 0.3) is 5.52 Å². The third-order valence-electron chi connectivity index (χ3n) is 3.58. The molecule has 0 radical (unpaired) electrons. The average Bonchev–Trinajstić information content (AvgIpc) is 2.86. The first-order valence-electron chi connectivity index (χ1n) is 6.96. The summed E-state index contributed by atoms with van der Waals surface area (Å²) in [5.41, 5.74) is 0.655. The van der Waals surface area contributed by atoms with E-state index >= 15 is 0 Å². The number of amides is 1. The van der Waals surface area contributed by atoms with Gasteiger partial charge in [-0.1, -0.05) is 6.07 Å². The topological polar surface area (TPSA) is 81.0 Å². The molecule has 1 fully saturated rings. The number of fused-ring (bicyclic) bond motifs is 1. The van der Waals surface area contributed by atoms with Crippen molar-refractivity contribution in [3.05, 3.63) is 30.1 Å². The Bertz CT molecular complexity index is 828. The number of nitrogens with zero attached hydrogens (tertiary/aromatic N) is 3. The molecule has 2 aromatic heterocycles. The van der Waals surface area contributed by atoms with Crippen LogP contribution in [0.15, 0.2) is 29.6 Å². The third kappa shape index (κ3) is 2.59. The summed E-state index contributed by atoms with van der Waals surface area (Å²) in [6.45, 7) is 3.31. The van der Waals surface area contributed by atoms with Crippen LogP contribution in [0, 0.1) is 0 Å². The number of sulfone groups is 1. The molecular weight excluding hydrogens is 306 g/mol. The lowest BCUT2D eigenvalue weighted by molar-refractivity contribution is -0.0125. The number of hydrogen-bond donors (Lipinski definition) is 0. The van der Waals surface area contributed by atoms with Crippen LogP contribution in [0.4, 0.5) is 0 Å². The lowest BCUT2D eigenvalue weighted by Gasteiger charge is -2.30. The largest absolute Gasteiger partial charge is 0.375 e. The first-order valence-corrected chi connectivity index (χ1v) is 8.85. The van der Waals surface area contributed by atoms with Gasteiger partial charge in [0.1, 0.15) is 0 Å². The van der Waals surface area contributed by atoms with Crippen molar-refractivity contribution in [2.45, 2.75) is 18.2 Å². The van der Waals surface area contributed by atoms with Gasteiger partial charge in [-0.3, -0.25) is 9.20 Å². The molecule has 1 atom stereocenters. The zero-order chi connectivity index (χ0) is 15.9. The summed E-state index contributed by atoms with van der Waals surface area (Å²) in [5, 5.41) is -0.118. The van der Waals surface area contributed by atoms with Gasteiger partial charge < -0.3 is 9.64 Å². The van der Waals surface area contributed by atoms with Gasteiger partial charge in [-0.05, 0) is 19.1 Å². The Kier molecular flexibility index (Phi) is 3.65. The number of pyridine rings is 1. The highest BCUT2D eigenvalue weighted by Gasteiger charge is 2.28. The van der Waals surface area contributed by atoms with Crippen LogP contribution < -0.4 is 0 Å². The number of imidazole rings is 1. The summed E-state index contributed by atoms with van der Waals surface area (Å²) < 4.78 is 30.6. The van der Waals surface area contributed by atoms with Gasteiger partial charge in [0.2, 0.25) is 15.0 Å². The Balaban J connectivity index is 2.09. The third-order valence-corrected chi connectivity index (χ3v) is 4.53. The van der Waals surface area contributed by atoms with Crippen molar-refractivity contribution >= 4 is 21.3 Å². The zero-order valence-corrected chi connectivity index (χ0v) is 13.2. The second-order valence-electron chi connectivity index (χ2n) is 5.40. The number of aromatic nitrogens is 2. The van der Waals surface area contributed by atoms with E-state index in [1.807, 2.05) is 6.92 Å². The minimum absolute atomic E-state index is 0.0408. The van der Waals surface area contributed by atoms with Crippen LogP contribution in [0.5, 0.6) is 0 Å². The van der Waals surface area contributed by atoms with E-state index < -0.39 is 9.84 Å². The zero-order valence-electron chi connectivity index (χ0n) is 12.4. The Hall–Kier alpha value is -1.93. The molecule has 0 N–H and O–H groups in total. The predicted octanol–water partition coefficient (Wildman–Crippen LogP) is 0.599. The van der Waals surface area contributed by atoms with Crippen molar-refractivity contribution in [3.8, 4) is 0 Å². The molecule has 3 heterocycles. The first kappa shape index (κ1) is 15.0. The summed E-state index contributed by atoms with van der Waals surface area (Å²) in [7, 11) is -3.53. The van der Waals surface area contributed by atoms with E-state index in [2.05, 4.69) is 4.98 Å². The molecule has 1 aliphatic heterocycles. The van der Waals surface area contributed by atoms with Gasteiger partial charge in [0.25, 0.3) is 5.91 Å². The molecule has 0 aromatic carbocycles. The maximum absolute atomic E-state index is 12.7. The smallest absolute Gasteiger partial charge is 0.274 e. The van der Waals surface area contributed by atoms with Crippen LogP contribution in [0.1, 0.15) is 17.4 Å². The molecule has 0 spiro atoms. The normalized spacial score (nSPS) is 19.5. The highest BCUT2D eigenvalue weighted by molar-refractivity contribution is 7.90. The summed E-state index contributed by atoms with van der Waals surface area (Å²) in [6, 6.07) is 5.15. The minimum atomic E-state index is -3.53. The van der Waals surface area contributed by atoms with Crippen LogP contribution in [-0.4, -0.2) is 60.7 Å². The second kappa shape index (κ2) is 5.36. The van der Waals surface area contributed by atoms with E-state index in [0.717, 1.165) is 6.26 Å². The average molecular weight is 323 g/mol. The number of hydrogen-bond acceptors (Lipinski definition) is 5. The number of ether oxygens (including phenoxy) is 1. The Morgan fingerprint density at radius 2 is 2.18 bits per heavy atom. The molecule has 1 saturated heterocycles. The van der Waals surface area contributed by atoms with Gasteiger partial charge in [0.05, 0.1) is 18.2 Å². The Labute approximate surface area is 128 Å². The fourth-order valence-corrected chi connectivity index (χ4v) is 3.35. The number of morpholine rings is 1. The monoisotopic (exact) mass is 323 g/mol. The molecule has 0 bridgehead atoms. The molecule has 8 heteroatoms. The molecular formula is C14H17N3O4S. The van der Waals surface area contributed by atoms with Crippen molar-refractivity contribution in [3.63, 3.8) is 0 Å². The molecule has 1 unspecified atom stereocenters. The van der Waals surface area contributed by atoms with Gasteiger partial charge in [-0.15, -0.1) is 0 Å². The predicted molar refractivity (Wildman–Crippen MR) is 79.6 cm³/mol. The summed E-state index contributed by atoms with van der Waals surface area (Å²) in [5.74, 6) is -0.270. The molecule has 0 aliphatic carbocycles. The lowest BCUT2D eigenvalue weighted by atomic mass is 10.2. The van der Waals surface area contributed by atoms with E-state index in [4.69, 9.17) is 4.74 Å². The minimum Gasteiger partial charge on any atom is -0.375 e. The quantitative estimate of drug-likeness (QED) is 0.808. The second-order valence-corrected chi connectivity index (χ2v) is 7.31. The molecule has 1 aliphatic rings. The van der Waals surface area contributed by atoms with Crippen molar-refractivity contribution in [2.24, 2.45) is 0 Å². The molecule has 7 nitrogen and oxygen atoms in total. The van der Waals surface area contributed by atoms with E-state index in [9.17, 15) is 13.2 Å². The van der Waals surface area contributed by atoms with E-state index in [-0.39, 0.29) is 22.9 Å². The van der Waals surface area contributed by atoms with Crippen molar-refractivity contribution < 1.29 is 17.9 Å². The Morgan fingerprint density at radius 3 is 2.86 bits per heavy atom. The molecule has 1 amide bonds. The fourth-order valence-electron chi connectivity index (χ4n) is 2.58. The van der Waals surface area contributed by atoms with E-state index in [0.29, 0.717) is 25.2 Å². The maximum Gasteiger partial charge on any atom is 0.274 e. The number of rotatable bonds is 2. The van der Waals surface area contributed by atoms with Crippen LogP contribution in [-0.2, 0) is 14.6 Å². The SMILES string of the molecule is CC1CN(C(=O)c2nc(S(C)(=O)=O)n3ccccc23)CCO1. The number of carbonyl (C=O) groups is 1. The maximum atomic E-state index is 12.7. The molecule has 118 valence electrons. The van der Waals surface area contributed by atoms with Crippen molar-refractivity contribution in [2.75, 3.05) is 26.0 Å². The summed E-state index contributed by atoms with van der Waals surface area (Å²) >= 11 is 0. The summed E-state index contributed by atoms with van der Waals surface area (Å²) in [4.78, 5) is 18.5. The van der Waals surface area contributed by atoms with Crippen molar-refractivity contribution in [1.82, 2.24) is 14.3 Å². The summed E-state index contributed by atoms with van der Waals surface area (Å²) in [6.07, 6.45) is 2.64. The number of carbonyl (C=O) groups excluding carboxylic acids is 1.